The first-order valence-corrected chi connectivity index (χ1v) is 6.23. The van der Waals surface area contributed by atoms with Crippen molar-refractivity contribution in [2.45, 2.75) is 25.7 Å². The molecule has 0 heterocycles. The van der Waals surface area contributed by atoms with E-state index in [1.54, 1.807) is 0 Å². The fourth-order valence-electron chi connectivity index (χ4n) is 2.34. The molecule has 0 fully saturated rings. The van der Waals surface area contributed by atoms with Gasteiger partial charge in [0.2, 0.25) is 5.91 Å². The van der Waals surface area contributed by atoms with Crippen LogP contribution in [-0.2, 0) is 22.4 Å². The molecular weight excluding hydrogens is 230 g/mol. The molecule has 0 aromatic heterocycles. The van der Waals surface area contributed by atoms with Crippen LogP contribution in [0, 0.1) is 5.92 Å². The van der Waals surface area contributed by atoms with E-state index in [4.69, 9.17) is 5.11 Å². The highest BCUT2D eigenvalue weighted by Crippen LogP contribution is 2.26. The Morgan fingerprint density at radius 2 is 1.83 bits per heavy atom. The smallest absolute Gasteiger partial charge is 0.303 e. The molecule has 18 heavy (non-hydrogen) atoms. The zero-order valence-corrected chi connectivity index (χ0v) is 10.2. The van der Waals surface area contributed by atoms with Crippen LogP contribution in [0.15, 0.2) is 24.3 Å². The molecule has 1 aromatic rings. The zero-order valence-electron chi connectivity index (χ0n) is 10.2. The van der Waals surface area contributed by atoms with Crippen molar-refractivity contribution in [2.75, 3.05) is 6.54 Å². The Bertz CT molecular complexity index is 431. The normalized spacial score (nSPS) is 14.2. The van der Waals surface area contributed by atoms with Crippen LogP contribution in [0.1, 0.15) is 24.0 Å². The number of carboxylic acids is 1. The summed E-state index contributed by atoms with van der Waals surface area (Å²) in [5.74, 6) is -0.777. The van der Waals surface area contributed by atoms with Crippen LogP contribution < -0.4 is 5.32 Å². The van der Waals surface area contributed by atoms with Gasteiger partial charge < -0.3 is 10.4 Å². The SMILES string of the molecule is O=C(O)CCCNC(=O)C1Cc2ccccc2C1. The minimum atomic E-state index is -0.822. The van der Waals surface area contributed by atoms with E-state index in [-0.39, 0.29) is 18.2 Å². The number of aliphatic carboxylic acids is 1. The number of amides is 1. The lowest BCUT2D eigenvalue weighted by Crippen LogP contribution is -2.32. The van der Waals surface area contributed by atoms with Gasteiger partial charge >= 0.3 is 5.97 Å². The minimum absolute atomic E-state index is 0.00669. The summed E-state index contributed by atoms with van der Waals surface area (Å²) < 4.78 is 0. The minimum Gasteiger partial charge on any atom is -0.481 e. The van der Waals surface area contributed by atoms with Gasteiger partial charge in [0, 0.05) is 18.9 Å². The summed E-state index contributed by atoms with van der Waals surface area (Å²) in [4.78, 5) is 22.2. The van der Waals surface area contributed by atoms with Crippen molar-refractivity contribution in [3.63, 3.8) is 0 Å². The van der Waals surface area contributed by atoms with Crippen molar-refractivity contribution in [2.24, 2.45) is 5.92 Å². The van der Waals surface area contributed by atoms with E-state index in [0.29, 0.717) is 13.0 Å². The Morgan fingerprint density at radius 1 is 1.22 bits per heavy atom. The summed E-state index contributed by atoms with van der Waals surface area (Å²) >= 11 is 0. The van der Waals surface area contributed by atoms with Gasteiger partial charge in [-0.15, -0.1) is 0 Å². The summed E-state index contributed by atoms with van der Waals surface area (Å²) in [6.45, 7) is 0.442. The van der Waals surface area contributed by atoms with Crippen LogP contribution in [0.4, 0.5) is 0 Å². The average molecular weight is 247 g/mol. The third kappa shape index (κ3) is 3.09. The highest BCUT2D eigenvalue weighted by molar-refractivity contribution is 5.80. The van der Waals surface area contributed by atoms with Crippen LogP contribution in [0.2, 0.25) is 0 Å². The van der Waals surface area contributed by atoms with Gasteiger partial charge in [-0.3, -0.25) is 9.59 Å². The van der Waals surface area contributed by atoms with Crippen molar-refractivity contribution in [3.8, 4) is 0 Å². The van der Waals surface area contributed by atoms with Gasteiger partial charge in [-0.1, -0.05) is 24.3 Å². The van der Waals surface area contributed by atoms with Crippen molar-refractivity contribution in [1.82, 2.24) is 5.32 Å². The molecule has 2 rings (SSSR count). The highest BCUT2D eigenvalue weighted by atomic mass is 16.4. The van der Waals surface area contributed by atoms with Gasteiger partial charge in [-0.25, -0.2) is 0 Å². The van der Waals surface area contributed by atoms with E-state index in [0.717, 1.165) is 12.8 Å². The second kappa shape index (κ2) is 5.67. The first-order chi connectivity index (χ1) is 8.66. The van der Waals surface area contributed by atoms with Gasteiger partial charge in [-0.05, 0) is 30.4 Å². The van der Waals surface area contributed by atoms with Gasteiger partial charge in [0.25, 0.3) is 0 Å². The molecule has 0 unspecified atom stereocenters. The predicted molar refractivity (Wildman–Crippen MR) is 67.2 cm³/mol. The number of fused-ring (bicyclic) bond motifs is 1. The fraction of sp³-hybridized carbons (Fsp3) is 0.429. The first kappa shape index (κ1) is 12.6. The summed E-state index contributed by atoms with van der Waals surface area (Å²) in [5, 5.41) is 11.3. The third-order valence-electron chi connectivity index (χ3n) is 3.29. The summed E-state index contributed by atoms with van der Waals surface area (Å²) in [6.07, 6.45) is 2.17. The van der Waals surface area contributed by atoms with E-state index in [2.05, 4.69) is 17.4 Å². The van der Waals surface area contributed by atoms with E-state index < -0.39 is 5.97 Å². The van der Waals surface area contributed by atoms with Crippen molar-refractivity contribution in [1.29, 1.82) is 0 Å². The molecule has 0 radical (unpaired) electrons. The lowest BCUT2D eigenvalue weighted by molar-refractivity contribution is -0.137. The van der Waals surface area contributed by atoms with Crippen LogP contribution in [-0.4, -0.2) is 23.5 Å². The Morgan fingerprint density at radius 3 is 2.39 bits per heavy atom. The standard InChI is InChI=1S/C14H17NO3/c16-13(17)6-3-7-15-14(18)12-8-10-4-1-2-5-11(10)9-12/h1-2,4-5,12H,3,6-9H2,(H,15,18)(H,16,17). The first-order valence-electron chi connectivity index (χ1n) is 6.23. The Hall–Kier alpha value is -1.84. The number of hydrogen-bond acceptors (Lipinski definition) is 2. The highest BCUT2D eigenvalue weighted by Gasteiger charge is 2.26. The topological polar surface area (TPSA) is 66.4 Å². The van der Waals surface area contributed by atoms with E-state index in [1.807, 2.05) is 12.1 Å². The third-order valence-corrected chi connectivity index (χ3v) is 3.29. The number of hydrogen-bond donors (Lipinski definition) is 2. The lowest BCUT2D eigenvalue weighted by Gasteiger charge is -2.09. The van der Waals surface area contributed by atoms with Gasteiger partial charge in [0.05, 0.1) is 0 Å². The molecule has 0 atom stereocenters. The molecule has 0 saturated heterocycles. The van der Waals surface area contributed by atoms with Crippen LogP contribution in [0.5, 0.6) is 0 Å². The molecule has 0 spiro atoms. The molecular formula is C14H17NO3. The number of nitrogens with one attached hydrogen (secondary N) is 1. The maximum absolute atomic E-state index is 11.9. The van der Waals surface area contributed by atoms with Crippen molar-refractivity contribution >= 4 is 11.9 Å². The quantitative estimate of drug-likeness (QED) is 0.772. The average Bonchev–Trinajstić information content (AvgIpc) is 2.78. The molecule has 1 amide bonds. The van der Waals surface area contributed by atoms with Crippen molar-refractivity contribution < 1.29 is 14.7 Å². The number of carbonyl (C=O) groups excluding carboxylic acids is 1. The maximum Gasteiger partial charge on any atom is 0.303 e. The van der Waals surface area contributed by atoms with Crippen LogP contribution in [0.25, 0.3) is 0 Å². The zero-order chi connectivity index (χ0) is 13.0. The second-order valence-electron chi connectivity index (χ2n) is 4.66. The molecule has 0 bridgehead atoms. The summed E-state index contributed by atoms with van der Waals surface area (Å²) in [7, 11) is 0. The second-order valence-corrected chi connectivity index (χ2v) is 4.66. The molecule has 4 heteroatoms. The Kier molecular flexibility index (Phi) is 3.97. The molecule has 0 aliphatic heterocycles. The molecule has 1 aromatic carbocycles. The monoisotopic (exact) mass is 247 g/mol. The summed E-state index contributed by atoms with van der Waals surface area (Å²) in [6, 6.07) is 8.11. The van der Waals surface area contributed by atoms with E-state index >= 15 is 0 Å². The number of carbonyl (C=O) groups is 2. The number of carboxylic acid groups (broad SMARTS) is 1. The molecule has 0 saturated carbocycles. The van der Waals surface area contributed by atoms with Crippen LogP contribution >= 0.6 is 0 Å². The summed E-state index contributed by atoms with van der Waals surface area (Å²) in [5.41, 5.74) is 2.51. The Labute approximate surface area is 106 Å². The van der Waals surface area contributed by atoms with E-state index in [1.165, 1.54) is 11.1 Å². The van der Waals surface area contributed by atoms with Crippen molar-refractivity contribution in [3.05, 3.63) is 35.4 Å². The number of benzene rings is 1. The van der Waals surface area contributed by atoms with Crippen LogP contribution in [0.3, 0.4) is 0 Å². The largest absolute Gasteiger partial charge is 0.481 e. The van der Waals surface area contributed by atoms with Gasteiger partial charge in [0.15, 0.2) is 0 Å². The lowest BCUT2D eigenvalue weighted by atomic mass is 10.1. The number of rotatable bonds is 5. The van der Waals surface area contributed by atoms with Gasteiger partial charge in [-0.2, -0.15) is 0 Å². The molecule has 96 valence electrons. The fourth-order valence-corrected chi connectivity index (χ4v) is 2.34. The molecule has 1 aliphatic rings. The molecule has 2 N–H and O–H groups in total. The predicted octanol–water partition coefficient (Wildman–Crippen LogP) is 1.38. The Balaban J connectivity index is 1.77. The maximum atomic E-state index is 11.9. The van der Waals surface area contributed by atoms with E-state index in [9.17, 15) is 9.59 Å². The molecule has 1 aliphatic carbocycles. The van der Waals surface area contributed by atoms with Gasteiger partial charge in [0.1, 0.15) is 0 Å². The molecule has 4 nitrogen and oxygen atoms in total.